The first kappa shape index (κ1) is 35.3. The maximum Gasteiger partial charge on any atom is 0.268 e. The van der Waals surface area contributed by atoms with Gasteiger partial charge in [-0.25, -0.2) is 4.98 Å². The van der Waals surface area contributed by atoms with Crippen LogP contribution in [0, 0.1) is 32.2 Å². The number of rotatable bonds is 6. The van der Waals surface area contributed by atoms with Gasteiger partial charge in [-0.3, -0.25) is 4.57 Å². The minimum Gasteiger partial charge on any atom is -0.510 e. The second-order valence-electron chi connectivity index (χ2n) is 20.5. The van der Waals surface area contributed by atoms with Crippen molar-refractivity contribution in [2.24, 2.45) is 0 Å². The first-order valence-corrected chi connectivity index (χ1v) is 25.6. The van der Waals surface area contributed by atoms with Crippen LogP contribution in [0.3, 0.4) is 0 Å². The molecule has 0 spiro atoms. The summed E-state index contributed by atoms with van der Waals surface area (Å²) in [7, 11) is 0. The molecule has 10 aromatic carbocycles. The molecule has 0 radical (unpaired) electrons. The molecule has 5 heterocycles. The van der Waals surface area contributed by atoms with Crippen LogP contribution >= 0.6 is 0 Å². The zero-order chi connectivity index (χ0) is 64.4. The van der Waals surface area contributed by atoms with Crippen LogP contribution in [-0.2, 0) is 26.5 Å². The molecule has 0 aliphatic carbocycles. The van der Waals surface area contributed by atoms with Crippen molar-refractivity contribution in [3.05, 3.63) is 253 Å². The number of para-hydroxylation sites is 4. The zero-order valence-corrected chi connectivity index (χ0v) is 44.9. The number of fused-ring (bicyclic) bond motifs is 13. The molecule has 0 bridgehead atoms. The summed E-state index contributed by atoms with van der Waals surface area (Å²) in [4.78, 5) is 4.85. The number of aromatic nitrogens is 5. The van der Waals surface area contributed by atoms with Crippen molar-refractivity contribution in [2.45, 2.75) is 39.9 Å². The Balaban J connectivity index is 0.00000749. The average molecular weight is 1210 g/mol. The Kier molecular flexibility index (Phi) is 8.30. The number of hydrogen-bond donors (Lipinski definition) is 0. The Bertz CT molecular complexity index is 5440. The summed E-state index contributed by atoms with van der Waals surface area (Å²) in [6.07, 6.45) is 5.43. The molecule has 0 saturated carbocycles. The quantitative estimate of drug-likeness (QED) is 0.123. The maximum absolute atomic E-state index is 10.0. The second-order valence-corrected chi connectivity index (χ2v) is 20.5. The summed E-state index contributed by atoms with van der Waals surface area (Å²) in [5, 5.41) is 3.70. The van der Waals surface area contributed by atoms with Gasteiger partial charge in [0.05, 0.1) is 44.4 Å². The molecule has 0 saturated heterocycles. The van der Waals surface area contributed by atoms with Crippen molar-refractivity contribution in [3.8, 4) is 78.9 Å². The van der Waals surface area contributed by atoms with E-state index in [1.807, 2.05) is 95.6 Å². The van der Waals surface area contributed by atoms with E-state index in [1.54, 1.807) is 51.7 Å². The zero-order valence-electron chi connectivity index (χ0n) is 56.6. The first-order valence-electron chi connectivity index (χ1n) is 32.6. The molecule has 0 unspecified atom stereocenters. The van der Waals surface area contributed by atoms with Gasteiger partial charge >= 0.3 is 0 Å². The summed E-state index contributed by atoms with van der Waals surface area (Å²) in [5.41, 5.74) is 4.25. The van der Waals surface area contributed by atoms with Gasteiger partial charge in [0.1, 0.15) is 5.82 Å². The summed E-state index contributed by atoms with van der Waals surface area (Å²) in [5.74, 6) is 1.26. The Morgan fingerprint density at radius 1 is 0.544 bits per heavy atom. The molecule has 7 heteroatoms. The maximum atomic E-state index is 10.0. The van der Waals surface area contributed by atoms with E-state index in [1.165, 1.54) is 24.3 Å². The van der Waals surface area contributed by atoms with E-state index in [9.17, 15) is 11.0 Å². The molecule has 0 atom stereocenters. The summed E-state index contributed by atoms with van der Waals surface area (Å²) in [6, 6.07) is 51.5. The SMILES string of the molecule is [2H]c1c([2H])c([2H])c2c(c1[2H])-c1cccc(-n3c4ccccc4c4ccccc43)c1-[n+]1[c-]n(-c3[c-]c(Oc4[c-]c5c(cc4)c4ccccc4n5-c4cc(C(C)(C)C)ccn4)ccc3)c3cc(-c4c(C([2H])([2H])[2H])cccc4C([2H])([2H])[2H])cc(c31)-c1c([2H])c([2H])c([2H])c([2H])c1-2.[Pt]. The molecule has 1 aliphatic rings. The Morgan fingerprint density at radius 2 is 1.14 bits per heavy atom. The topological polar surface area (TPSA) is 40.8 Å². The van der Waals surface area contributed by atoms with Crippen LogP contribution in [0.1, 0.15) is 56.7 Å². The Hall–Kier alpha value is -9.09. The molecule has 1 aliphatic heterocycles. The van der Waals surface area contributed by atoms with Gasteiger partial charge in [-0.2, -0.15) is 18.2 Å². The van der Waals surface area contributed by atoms with E-state index >= 15 is 0 Å². The minimum atomic E-state index is -2.90. The third-order valence-electron chi connectivity index (χ3n) is 14.9. The Labute approximate surface area is 493 Å². The number of benzene rings is 10. The number of hydrogen-bond acceptors (Lipinski definition) is 2. The molecule has 15 rings (SSSR count). The molecule has 6 nitrogen and oxygen atoms in total. The fourth-order valence-corrected chi connectivity index (χ4v) is 11.4. The van der Waals surface area contributed by atoms with Crippen molar-refractivity contribution in [1.82, 2.24) is 18.7 Å². The van der Waals surface area contributed by atoms with Crippen molar-refractivity contribution in [1.29, 1.82) is 0 Å². The third-order valence-corrected chi connectivity index (χ3v) is 14.9. The number of nitrogens with zero attached hydrogens (tertiary/aromatic N) is 5. The fraction of sp³-hybridized carbons (Fsp3) is 0.0833. The van der Waals surface area contributed by atoms with Gasteiger partial charge < -0.3 is 18.4 Å². The van der Waals surface area contributed by atoms with Crippen molar-refractivity contribution in [2.75, 3.05) is 0 Å². The van der Waals surface area contributed by atoms with Crippen LogP contribution in [0.4, 0.5) is 0 Å². The molecule has 0 fully saturated rings. The van der Waals surface area contributed by atoms with Gasteiger partial charge in [0.2, 0.25) is 0 Å². The minimum absolute atomic E-state index is 0. The van der Waals surface area contributed by atoms with Gasteiger partial charge in [-0.15, -0.1) is 29.7 Å². The van der Waals surface area contributed by atoms with Crippen LogP contribution in [0.2, 0.25) is 0 Å². The Morgan fingerprint density at radius 3 is 1.81 bits per heavy atom. The van der Waals surface area contributed by atoms with E-state index in [0.717, 1.165) is 43.7 Å². The van der Waals surface area contributed by atoms with Gasteiger partial charge in [0.25, 0.3) is 6.33 Å². The van der Waals surface area contributed by atoms with E-state index < -0.39 is 62.0 Å². The molecular weight excluding hydrogens is 1150 g/mol. The summed E-state index contributed by atoms with van der Waals surface area (Å²) >= 11 is 0. The monoisotopic (exact) mass is 1210 g/mol. The van der Waals surface area contributed by atoms with Crippen LogP contribution in [0.5, 0.6) is 11.5 Å². The molecule has 0 amide bonds. The van der Waals surface area contributed by atoms with E-state index in [2.05, 4.69) is 55.9 Å². The molecule has 14 aromatic rings. The largest absolute Gasteiger partial charge is 0.510 e. The van der Waals surface area contributed by atoms with Crippen LogP contribution in [-0.4, -0.2) is 18.7 Å². The summed E-state index contributed by atoms with van der Waals surface area (Å²) in [6.45, 7) is 0.649. The molecule has 79 heavy (non-hydrogen) atoms. The predicted molar refractivity (Wildman–Crippen MR) is 318 cm³/mol. The number of ether oxygens (including phenoxy) is 1. The van der Waals surface area contributed by atoms with Crippen molar-refractivity contribution in [3.63, 3.8) is 0 Å². The van der Waals surface area contributed by atoms with Crippen molar-refractivity contribution < 1.29 is 49.6 Å². The van der Waals surface area contributed by atoms with E-state index in [0.29, 0.717) is 34.1 Å². The van der Waals surface area contributed by atoms with Crippen LogP contribution in [0.25, 0.3) is 122 Å². The van der Waals surface area contributed by atoms with Gasteiger partial charge in [0.15, 0.2) is 0 Å². The molecule has 4 aromatic heterocycles. The smallest absolute Gasteiger partial charge is 0.268 e. The third kappa shape index (κ3) is 7.64. The normalized spacial score (nSPS) is 14.9. The first-order chi connectivity index (χ1) is 43.9. The summed E-state index contributed by atoms with van der Waals surface area (Å²) < 4.78 is 144. The van der Waals surface area contributed by atoms with E-state index in [4.69, 9.17) is 17.9 Å². The van der Waals surface area contributed by atoms with Crippen LogP contribution in [0.15, 0.2) is 218 Å². The van der Waals surface area contributed by atoms with E-state index in [-0.39, 0.29) is 98.9 Å². The number of imidazole rings is 1. The number of pyridine rings is 1. The number of aryl methyl sites for hydroxylation is 2. The fourth-order valence-electron chi connectivity index (χ4n) is 11.4. The van der Waals surface area contributed by atoms with Gasteiger partial charge in [-0.1, -0.05) is 166 Å². The molecule has 382 valence electrons. The van der Waals surface area contributed by atoms with Crippen molar-refractivity contribution >= 4 is 54.6 Å². The average Bonchev–Trinajstić information content (AvgIpc) is 1.62. The van der Waals surface area contributed by atoms with Crippen LogP contribution < -0.4 is 9.30 Å². The molecule has 0 N–H and O–H groups in total. The predicted octanol–water partition coefficient (Wildman–Crippen LogP) is 17.6. The van der Waals surface area contributed by atoms with Gasteiger partial charge in [-0.05, 0) is 134 Å². The van der Waals surface area contributed by atoms with Gasteiger partial charge in [0, 0.05) is 63.3 Å². The second kappa shape index (κ2) is 18.5. The molecular formula is C72H51N5OPt-2. The standard InChI is InChI=1S/C72H51N5O.Pt/c1-45-19-16-20-46(2)69(45)47-39-61-55-26-9-7-24-53(55)52-23-6-8-25-54(52)60-30-18-34-65(76-62-31-13-10-27-56(62)57-28-11-14-32-63(57)76)70(60)75-44-74(67(40-47)71(61)75)49-21-17-22-50(42-49)78-51-35-36-59-58-29-12-15-33-64(58)77(66(59)43-51)68-41-48(37-38-73-68)72(3,4)5;/h6-41H,1-5H3;/q-2;/i1D3,2D3,6D,7D,8D,9D,23D,24D,25D,26D;.